The van der Waals surface area contributed by atoms with Gasteiger partial charge in [0.05, 0.1) is 0 Å². The van der Waals surface area contributed by atoms with Crippen molar-refractivity contribution in [2.75, 3.05) is 4.72 Å². The number of hydrogen-bond donors (Lipinski definition) is 2. The Morgan fingerprint density at radius 1 is 1.30 bits per heavy atom. The molecule has 4 heteroatoms. The first-order chi connectivity index (χ1) is 4.72. The van der Waals surface area contributed by atoms with Gasteiger partial charge in [-0.25, -0.2) is 9.97 Å². The van der Waals surface area contributed by atoms with Gasteiger partial charge in [-0.05, 0) is 19.9 Å². The molecule has 1 aromatic rings. The van der Waals surface area contributed by atoms with Gasteiger partial charge in [0, 0.05) is 11.4 Å². The number of rotatable bonds is 1. The van der Waals surface area contributed by atoms with E-state index in [-0.39, 0.29) is 0 Å². The second-order valence-corrected chi connectivity index (χ2v) is 2.31. The maximum absolute atomic E-state index is 4.05. The molecule has 0 aliphatic heterocycles. The molecule has 3 nitrogen and oxygen atoms in total. The molecule has 54 valence electrons. The third kappa shape index (κ3) is 1.60. The lowest BCUT2D eigenvalue weighted by molar-refractivity contribution is 1.07. The average Bonchev–Trinajstić information content (AvgIpc) is 1.85. The summed E-state index contributed by atoms with van der Waals surface area (Å²) in [6.07, 6.45) is 0. The van der Waals surface area contributed by atoms with Crippen LogP contribution >= 0.6 is 12.8 Å². The Balaban J connectivity index is 3.06. The van der Waals surface area contributed by atoms with Crippen LogP contribution in [0, 0.1) is 13.8 Å². The van der Waals surface area contributed by atoms with Crippen LogP contribution in [-0.4, -0.2) is 9.97 Å². The average molecular weight is 155 g/mol. The van der Waals surface area contributed by atoms with Crippen molar-refractivity contribution >= 4 is 18.8 Å². The lowest BCUT2D eigenvalue weighted by atomic mass is 10.4. The van der Waals surface area contributed by atoms with Gasteiger partial charge in [-0.2, -0.15) is 0 Å². The minimum atomic E-state index is 0.556. The summed E-state index contributed by atoms with van der Waals surface area (Å²) in [5.74, 6) is 0.556. The normalized spacial score (nSPS) is 9.50. The zero-order valence-corrected chi connectivity index (χ0v) is 6.81. The van der Waals surface area contributed by atoms with E-state index in [0.29, 0.717) is 5.95 Å². The highest BCUT2D eigenvalue weighted by atomic mass is 32.1. The van der Waals surface area contributed by atoms with E-state index in [9.17, 15) is 0 Å². The molecule has 0 amide bonds. The topological polar surface area (TPSA) is 37.8 Å². The zero-order chi connectivity index (χ0) is 7.56. The highest BCUT2D eigenvalue weighted by Gasteiger charge is 1.94. The summed E-state index contributed by atoms with van der Waals surface area (Å²) in [6, 6.07) is 1.91. The Morgan fingerprint density at radius 3 is 2.20 bits per heavy atom. The fourth-order valence-electron chi connectivity index (χ4n) is 0.776. The molecule has 0 unspecified atom stereocenters. The van der Waals surface area contributed by atoms with Gasteiger partial charge in [0.2, 0.25) is 5.95 Å². The number of nitrogens with zero attached hydrogens (tertiary/aromatic N) is 2. The molecule has 0 saturated heterocycles. The fraction of sp³-hybridized carbons (Fsp3) is 0.333. The molecule has 0 atom stereocenters. The van der Waals surface area contributed by atoms with Gasteiger partial charge in [0.25, 0.3) is 0 Å². The van der Waals surface area contributed by atoms with E-state index in [2.05, 4.69) is 27.5 Å². The molecule has 1 rings (SSSR count). The number of anilines is 1. The standard InChI is InChI=1S/C6H9N3S/c1-4-3-5(2)8-6(7-4)9-10/h3,10H,1-2H3,(H,7,8,9). The highest BCUT2D eigenvalue weighted by molar-refractivity contribution is 7.81. The Bertz CT molecular complexity index is 216. The first-order valence-electron chi connectivity index (χ1n) is 2.95. The summed E-state index contributed by atoms with van der Waals surface area (Å²) in [5, 5.41) is 0. The van der Waals surface area contributed by atoms with E-state index in [1.54, 1.807) is 0 Å². The van der Waals surface area contributed by atoms with Gasteiger partial charge in [-0.15, -0.1) is 0 Å². The SMILES string of the molecule is Cc1cc(C)nc(NS)n1. The van der Waals surface area contributed by atoms with Gasteiger partial charge in [0.15, 0.2) is 0 Å². The Hall–Kier alpha value is -0.770. The molecule has 0 radical (unpaired) electrons. The van der Waals surface area contributed by atoms with Crippen LogP contribution in [-0.2, 0) is 0 Å². The molecule has 0 spiro atoms. The number of aromatic nitrogens is 2. The maximum Gasteiger partial charge on any atom is 0.233 e. The molecule has 0 aliphatic rings. The van der Waals surface area contributed by atoms with Crippen molar-refractivity contribution in [2.24, 2.45) is 0 Å². The minimum Gasteiger partial charge on any atom is -0.301 e. The van der Waals surface area contributed by atoms with Gasteiger partial charge in [-0.1, -0.05) is 12.8 Å². The first-order valence-corrected chi connectivity index (χ1v) is 3.39. The van der Waals surface area contributed by atoms with Crippen LogP contribution in [0.1, 0.15) is 11.4 Å². The number of hydrogen-bond acceptors (Lipinski definition) is 4. The summed E-state index contributed by atoms with van der Waals surface area (Å²) >= 11 is 3.83. The molecule has 1 heterocycles. The summed E-state index contributed by atoms with van der Waals surface area (Å²) in [5.41, 5.74) is 1.90. The Labute approximate surface area is 65.4 Å². The molecule has 1 aromatic heterocycles. The smallest absolute Gasteiger partial charge is 0.233 e. The zero-order valence-electron chi connectivity index (χ0n) is 5.92. The maximum atomic E-state index is 4.05. The Morgan fingerprint density at radius 2 is 1.80 bits per heavy atom. The van der Waals surface area contributed by atoms with Crippen LogP contribution in [0.15, 0.2) is 6.07 Å². The van der Waals surface area contributed by atoms with Crippen LogP contribution in [0.3, 0.4) is 0 Å². The van der Waals surface area contributed by atoms with Gasteiger partial charge < -0.3 is 4.72 Å². The van der Waals surface area contributed by atoms with Crippen LogP contribution in [0.25, 0.3) is 0 Å². The van der Waals surface area contributed by atoms with E-state index < -0.39 is 0 Å². The van der Waals surface area contributed by atoms with Crippen molar-refractivity contribution in [1.82, 2.24) is 9.97 Å². The molecule has 1 N–H and O–H groups in total. The van der Waals surface area contributed by atoms with E-state index >= 15 is 0 Å². The monoisotopic (exact) mass is 155 g/mol. The summed E-state index contributed by atoms with van der Waals surface area (Å²) < 4.78 is 2.58. The number of nitrogens with one attached hydrogen (secondary N) is 1. The predicted molar refractivity (Wildman–Crippen MR) is 44.1 cm³/mol. The molecule has 0 bridgehead atoms. The molecule has 10 heavy (non-hydrogen) atoms. The lowest BCUT2D eigenvalue weighted by Crippen LogP contribution is -1.94. The predicted octanol–water partition coefficient (Wildman–Crippen LogP) is 1.35. The van der Waals surface area contributed by atoms with Crippen molar-refractivity contribution < 1.29 is 0 Å². The molecule has 0 saturated carbocycles. The first kappa shape index (κ1) is 7.34. The summed E-state index contributed by atoms with van der Waals surface area (Å²) in [4.78, 5) is 8.11. The van der Waals surface area contributed by atoms with Gasteiger partial charge >= 0.3 is 0 Å². The van der Waals surface area contributed by atoms with Crippen LogP contribution in [0.5, 0.6) is 0 Å². The third-order valence-electron chi connectivity index (χ3n) is 1.08. The van der Waals surface area contributed by atoms with E-state index in [1.807, 2.05) is 19.9 Å². The van der Waals surface area contributed by atoms with Crippen molar-refractivity contribution in [3.8, 4) is 0 Å². The van der Waals surface area contributed by atoms with Crippen molar-refractivity contribution in [3.05, 3.63) is 17.5 Å². The third-order valence-corrected chi connectivity index (χ3v) is 1.28. The molecule has 0 fully saturated rings. The quantitative estimate of drug-likeness (QED) is 0.601. The summed E-state index contributed by atoms with van der Waals surface area (Å²) in [7, 11) is 0. The van der Waals surface area contributed by atoms with Gasteiger partial charge in [0.1, 0.15) is 0 Å². The molecular formula is C6H9N3S. The minimum absolute atomic E-state index is 0.556. The Kier molecular flexibility index (Phi) is 2.11. The molecular weight excluding hydrogens is 146 g/mol. The van der Waals surface area contributed by atoms with Crippen molar-refractivity contribution in [1.29, 1.82) is 0 Å². The van der Waals surface area contributed by atoms with E-state index in [1.165, 1.54) is 0 Å². The van der Waals surface area contributed by atoms with Crippen LogP contribution in [0.2, 0.25) is 0 Å². The van der Waals surface area contributed by atoms with Crippen LogP contribution < -0.4 is 4.72 Å². The largest absolute Gasteiger partial charge is 0.301 e. The molecule has 0 aromatic carbocycles. The van der Waals surface area contributed by atoms with Gasteiger partial charge in [-0.3, -0.25) is 0 Å². The lowest BCUT2D eigenvalue weighted by Gasteiger charge is -1.99. The van der Waals surface area contributed by atoms with Crippen molar-refractivity contribution in [3.63, 3.8) is 0 Å². The molecule has 0 aliphatic carbocycles. The second kappa shape index (κ2) is 2.88. The number of aryl methyl sites for hydroxylation is 2. The second-order valence-electron chi connectivity index (χ2n) is 2.09. The fourth-order valence-corrected chi connectivity index (χ4v) is 0.876. The summed E-state index contributed by atoms with van der Waals surface area (Å²) in [6.45, 7) is 3.84. The van der Waals surface area contributed by atoms with E-state index in [4.69, 9.17) is 0 Å². The van der Waals surface area contributed by atoms with E-state index in [0.717, 1.165) is 11.4 Å². The number of thiol groups is 1. The van der Waals surface area contributed by atoms with Crippen LogP contribution in [0.4, 0.5) is 5.95 Å². The van der Waals surface area contributed by atoms with Crippen molar-refractivity contribution in [2.45, 2.75) is 13.8 Å². The highest BCUT2D eigenvalue weighted by Crippen LogP contribution is 2.03.